The van der Waals surface area contributed by atoms with Gasteiger partial charge in [0.05, 0.1) is 0 Å². The molecule has 0 rings (SSSR count). The first-order valence-corrected chi connectivity index (χ1v) is 13.7. The van der Waals surface area contributed by atoms with Gasteiger partial charge in [0.1, 0.15) is 0 Å². The van der Waals surface area contributed by atoms with Gasteiger partial charge in [-0.1, -0.05) is 137 Å². The molecule has 0 fully saturated rings. The molecule has 0 amide bonds. The molecular formula is C30H56. The second-order valence-electron chi connectivity index (χ2n) is 9.94. The van der Waals surface area contributed by atoms with Gasteiger partial charge in [-0.3, -0.25) is 0 Å². The number of unbranched alkanes of at least 4 members (excludes halogenated alkanes) is 16. The van der Waals surface area contributed by atoms with Crippen LogP contribution in [0, 0.1) is 37.5 Å². The molecule has 0 spiro atoms. The van der Waals surface area contributed by atoms with E-state index in [1.165, 1.54) is 109 Å². The Labute approximate surface area is 192 Å². The van der Waals surface area contributed by atoms with Crippen molar-refractivity contribution in [1.82, 2.24) is 0 Å². The van der Waals surface area contributed by atoms with Crippen molar-refractivity contribution in [2.24, 2.45) is 11.8 Å². The van der Waals surface area contributed by atoms with Crippen molar-refractivity contribution in [3.63, 3.8) is 0 Å². The van der Waals surface area contributed by atoms with Gasteiger partial charge in [0.2, 0.25) is 0 Å². The lowest BCUT2D eigenvalue weighted by Gasteiger charge is -2.19. The third kappa shape index (κ3) is 23.8. The molecule has 0 heterocycles. The molecule has 0 saturated heterocycles. The molecule has 0 aromatic heterocycles. The first kappa shape index (κ1) is 29.6. The summed E-state index contributed by atoms with van der Waals surface area (Å²) < 4.78 is 0. The second-order valence-corrected chi connectivity index (χ2v) is 9.94. The third-order valence-corrected chi connectivity index (χ3v) is 6.26. The summed E-state index contributed by atoms with van der Waals surface area (Å²) in [5.74, 6) is 8.44. The lowest BCUT2D eigenvalue weighted by molar-refractivity contribution is 0.339. The van der Waals surface area contributed by atoms with Crippen molar-refractivity contribution in [2.45, 2.75) is 155 Å². The highest BCUT2D eigenvalue weighted by molar-refractivity contribution is 4.98. The lowest BCUT2D eigenvalue weighted by atomic mass is 9.87. The highest BCUT2D eigenvalue weighted by Crippen LogP contribution is 2.25. The maximum Gasteiger partial charge on any atom is 0.00886 e. The molecule has 0 aromatic rings. The van der Waals surface area contributed by atoms with Crippen LogP contribution in [0.5, 0.6) is 0 Å². The monoisotopic (exact) mass is 416 g/mol. The number of rotatable bonds is 22. The molecule has 0 bridgehead atoms. The van der Waals surface area contributed by atoms with E-state index >= 15 is 0 Å². The SMILES string of the molecule is [CH2]CCCC#CCCCCCCC(CCCCCCCCCCCC[CH2])CC(C)C. The highest BCUT2D eigenvalue weighted by atomic mass is 14.2. The van der Waals surface area contributed by atoms with Crippen LogP contribution in [0.15, 0.2) is 0 Å². The van der Waals surface area contributed by atoms with E-state index in [9.17, 15) is 0 Å². The summed E-state index contributed by atoms with van der Waals surface area (Å²) in [4.78, 5) is 0. The summed E-state index contributed by atoms with van der Waals surface area (Å²) in [7, 11) is 0. The summed E-state index contributed by atoms with van der Waals surface area (Å²) in [5.41, 5.74) is 0. The molecule has 1 unspecified atom stereocenters. The van der Waals surface area contributed by atoms with Gasteiger partial charge in [-0.15, -0.1) is 11.8 Å². The van der Waals surface area contributed by atoms with Crippen molar-refractivity contribution in [3.05, 3.63) is 13.8 Å². The molecule has 1 atom stereocenters. The van der Waals surface area contributed by atoms with E-state index in [-0.39, 0.29) is 0 Å². The average molecular weight is 417 g/mol. The standard InChI is InChI=1S/C30H56/c1-5-7-9-11-13-15-17-19-21-23-25-27-30(28-29(3)4)26-24-22-20-18-16-14-12-10-8-6-2/h29-30H,1-2,5-11,13,15-28H2,3-4H3. The molecule has 0 nitrogen and oxygen atoms in total. The minimum atomic E-state index is 0.854. The lowest BCUT2D eigenvalue weighted by Crippen LogP contribution is -2.05. The smallest absolute Gasteiger partial charge is 0.00886 e. The fraction of sp³-hybridized carbons (Fsp3) is 0.867. The predicted octanol–water partition coefficient (Wildman–Crippen LogP) is 10.5. The van der Waals surface area contributed by atoms with E-state index in [2.05, 4.69) is 39.5 Å². The van der Waals surface area contributed by atoms with Crippen LogP contribution >= 0.6 is 0 Å². The molecule has 0 saturated carbocycles. The van der Waals surface area contributed by atoms with Crippen LogP contribution in [-0.2, 0) is 0 Å². The van der Waals surface area contributed by atoms with Crippen molar-refractivity contribution in [3.8, 4) is 11.8 Å². The van der Waals surface area contributed by atoms with E-state index in [0.29, 0.717) is 0 Å². The van der Waals surface area contributed by atoms with Crippen LogP contribution in [-0.4, -0.2) is 0 Å². The van der Waals surface area contributed by atoms with Crippen LogP contribution in [0.25, 0.3) is 0 Å². The summed E-state index contributed by atoms with van der Waals surface area (Å²) in [6.07, 6.45) is 29.6. The molecule has 0 aliphatic rings. The Morgan fingerprint density at radius 2 is 0.900 bits per heavy atom. The molecule has 0 aliphatic heterocycles. The zero-order chi connectivity index (χ0) is 22.1. The van der Waals surface area contributed by atoms with Gasteiger partial charge in [-0.05, 0) is 31.1 Å². The minimum absolute atomic E-state index is 0.854. The van der Waals surface area contributed by atoms with Crippen LogP contribution in [0.3, 0.4) is 0 Å². The number of hydrogen-bond donors (Lipinski definition) is 0. The Bertz CT molecular complexity index is 369. The number of hydrogen-bond acceptors (Lipinski definition) is 0. The predicted molar refractivity (Wildman–Crippen MR) is 138 cm³/mol. The van der Waals surface area contributed by atoms with Gasteiger partial charge in [0.15, 0.2) is 0 Å². The summed E-state index contributed by atoms with van der Waals surface area (Å²) in [6, 6.07) is 0. The molecule has 2 radical (unpaired) electrons. The quantitative estimate of drug-likeness (QED) is 0.122. The van der Waals surface area contributed by atoms with Crippen molar-refractivity contribution in [2.75, 3.05) is 0 Å². The van der Waals surface area contributed by atoms with E-state index in [4.69, 9.17) is 0 Å². The maximum atomic E-state index is 3.93. The Kier molecular flexibility index (Phi) is 24.5. The molecule has 0 aromatic carbocycles. The van der Waals surface area contributed by atoms with E-state index in [0.717, 1.165) is 43.9 Å². The largest absolute Gasteiger partial charge is 0.103 e. The maximum absolute atomic E-state index is 3.93. The molecule has 0 aliphatic carbocycles. The Morgan fingerprint density at radius 1 is 0.500 bits per heavy atom. The second kappa shape index (κ2) is 24.8. The van der Waals surface area contributed by atoms with E-state index in [1.54, 1.807) is 0 Å². The normalized spacial score (nSPS) is 12.2. The Hall–Kier alpha value is -0.440. The molecule has 0 heteroatoms. The fourth-order valence-electron chi connectivity index (χ4n) is 4.46. The van der Waals surface area contributed by atoms with Gasteiger partial charge >= 0.3 is 0 Å². The molecule has 176 valence electrons. The summed E-state index contributed by atoms with van der Waals surface area (Å²) >= 11 is 0. The van der Waals surface area contributed by atoms with Crippen LogP contribution < -0.4 is 0 Å². The fourth-order valence-corrected chi connectivity index (χ4v) is 4.46. The summed E-state index contributed by atoms with van der Waals surface area (Å²) in [6.45, 7) is 12.6. The summed E-state index contributed by atoms with van der Waals surface area (Å²) in [5, 5.41) is 0. The zero-order valence-electron chi connectivity index (χ0n) is 21.1. The minimum Gasteiger partial charge on any atom is -0.103 e. The zero-order valence-corrected chi connectivity index (χ0v) is 21.1. The van der Waals surface area contributed by atoms with Crippen LogP contribution in [0.1, 0.15) is 155 Å². The van der Waals surface area contributed by atoms with Crippen molar-refractivity contribution < 1.29 is 0 Å². The Balaban J connectivity index is 3.61. The molecule has 30 heavy (non-hydrogen) atoms. The van der Waals surface area contributed by atoms with Crippen molar-refractivity contribution >= 4 is 0 Å². The van der Waals surface area contributed by atoms with E-state index in [1.807, 2.05) is 0 Å². The topological polar surface area (TPSA) is 0 Å². The van der Waals surface area contributed by atoms with Crippen LogP contribution in [0.4, 0.5) is 0 Å². The molecular weight excluding hydrogens is 360 g/mol. The van der Waals surface area contributed by atoms with Gasteiger partial charge in [0, 0.05) is 12.8 Å². The van der Waals surface area contributed by atoms with E-state index < -0.39 is 0 Å². The highest BCUT2D eigenvalue weighted by Gasteiger charge is 2.10. The van der Waals surface area contributed by atoms with Gasteiger partial charge in [0.25, 0.3) is 0 Å². The van der Waals surface area contributed by atoms with Crippen LogP contribution in [0.2, 0.25) is 0 Å². The first-order valence-electron chi connectivity index (χ1n) is 13.7. The van der Waals surface area contributed by atoms with Gasteiger partial charge in [-0.2, -0.15) is 0 Å². The third-order valence-electron chi connectivity index (χ3n) is 6.26. The molecule has 0 N–H and O–H groups in total. The Morgan fingerprint density at radius 3 is 1.37 bits per heavy atom. The van der Waals surface area contributed by atoms with Gasteiger partial charge in [-0.25, -0.2) is 0 Å². The first-order chi connectivity index (χ1) is 14.7. The van der Waals surface area contributed by atoms with Gasteiger partial charge < -0.3 is 0 Å². The van der Waals surface area contributed by atoms with Crippen molar-refractivity contribution in [1.29, 1.82) is 0 Å². The average Bonchev–Trinajstić information content (AvgIpc) is 2.72.